The maximum atomic E-state index is 5.72. The number of fused-ring (bicyclic) bond motifs is 1. The quantitative estimate of drug-likeness (QED) is 0.653. The summed E-state index contributed by atoms with van der Waals surface area (Å²) in [6, 6.07) is 0. The fourth-order valence-electron chi connectivity index (χ4n) is 2.97. The Morgan fingerprint density at radius 3 is 3.00 bits per heavy atom. The van der Waals surface area contributed by atoms with Gasteiger partial charge in [-0.2, -0.15) is 0 Å². The Balaban J connectivity index is 1.88. The van der Waals surface area contributed by atoms with Gasteiger partial charge < -0.3 is 15.4 Å². The van der Waals surface area contributed by atoms with Crippen molar-refractivity contribution in [2.75, 3.05) is 24.6 Å². The summed E-state index contributed by atoms with van der Waals surface area (Å²) in [6.45, 7) is 2.17. The largest absolute Gasteiger partial charge is 0.391 e. The number of hydrogen-bond donors (Lipinski definition) is 1. The van der Waals surface area contributed by atoms with Crippen LogP contribution in [0.2, 0.25) is 0 Å². The number of aryl methyl sites for hydroxylation is 1. The number of hydrogen-bond acceptors (Lipinski definition) is 5. The van der Waals surface area contributed by atoms with Crippen LogP contribution in [0.3, 0.4) is 0 Å². The molecule has 2 N–H and O–H groups in total. The van der Waals surface area contributed by atoms with Crippen molar-refractivity contribution in [1.29, 1.82) is 0 Å². The van der Waals surface area contributed by atoms with Gasteiger partial charge in [-0.1, -0.05) is 18.6 Å². The number of thiocarbonyl (C=S) groups is 1. The van der Waals surface area contributed by atoms with Gasteiger partial charge in [0.25, 0.3) is 0 Å². The summed E-state index contributed by atoms with van der Waals surface area (Å²) in [5, 5.41) is 0. The highest BCUT2D eigenvalue weighted by Crippen LogP contribution is 2.27. The first-order valence-electron chi connectivity index (χ1n) is 7.24. The van der Waals surface area contributed by atoms with Gasteiger partial charge in [0, 0.05) is 17.8 Å². The maximum absolute atomic E-state index is 5.72. The zero-order valence-electron chi connectivity index (χ0n) is 11.5. The second-order valence-corrected chi connectivity index (χ2v) is 5.86. The fourth-order valence-corrected chi connectivity index (χ4v) is 3.11. The minimum atomic E-state index is -0.171. The van der Waals surface area contributed by atoms with Crippen LogP contribution in [0.4, 0.5) is 5.82 Å². The highest BCUT2D eigenvalue weighted by atomic mass is 32.1. The first-order valence-corrected chi connectivity index (χ1v) is 7.65. The van der Waals surface area contributed by atoms with Gasteiger partial charge in [0.1, 0.15) is 23.2 Å². The van der Waals surface area contributed by atoms with Crippen LogP contribution >= 0.6 is 12.2 Å². The second-order valence-electron chi connectivity index (χ2n) is 5.39. The predicted octanol–water partition coefficient (Wildman–Crippen LogP) is 1.24. The lowest BCUT2D eigenvalue weighted by molar-refractivity contribution is 0.0843. The third-order valence-electron chi connectivity index (χ3n) is 4.04. The van der Waals surface area contributed by atoms with Crippen molar-refractivity contribution in [3.63, 3.8) is 0 Å². The van der Waals surface area contributed by atoms with Crippen molar-refractivity contribution >= 4 is 23.0 Å². The number of aromatic nitrogens is 2. The predicted molar refractivity (Wildman–Crippen MR) is 82.0 cm³/mol. The zero-order chi connectivity index (χ0) is 13.9. The van der Waals surface area contributed by atoms with Gasteiger partial charge in [0.2, 0.25) is 0 Å². The molecule has 1 fully saturated rings. The van der Waals surface area contributed by atoms with Gasteiger partial charge in [0.15, 0.2) is 0 Å². The van der Waals surface area contributed by atoms with Crippen molar-refractivity contribution in [2.24, 2.45) is 5.73 Å². The summed E-state index contributed by atoms with van der Waals surface area (Å²) >= 11 is 5.05. The summed E-state index contributed by atoms with van der Waals surface area (Å²) in [5.74, 6) is 1.06. The van der Waals surface area contributed by atoms with Crippen molar-refractivity contribution < 1.29 is 4.74 Å². The Labute approximate surface area is 124 Å². The van der Waals surface area contributed by atoms with E-state index in [4.69, 9.17) is 22.7 Å². The summed E-state index contributed by atoms with van der Waals surface area (Å²) < 4.78 is 5.61. The molecule has 1 aromatic rings. The third-order valence-corrected chi connectivity index (χ3v) is 4.30. The molecule has 1 atom stereocenters. The Morgan fingerprint density at radius 2 is 2.15 bits per heavy atom. The molecule has 20 heavy (non-hydrogen) atoms. The number of rotatable bonds is 2. The van der Waals surface area contributed by atoms with Crippen LogP contribution in [-0.4, -0.2) is 40.8 Å². The van der Waals surface area contributed by atoms with E-state index in [1.807, 2.05) is 0 Å². The van der Waals surface area contributed by atoms with E-state index in [0.717, 1.165) is 25.2 Å². The van der Waals surface area contributed by atoms with Crippen LogP contribution in [-0.2, 0) is 17.6 Å². The van der Waals surface area contributed by atoms with E-state index in [1.54, 1.807) is 6.33 Å². The third kappa shape index (κ3) is 2.76. The minimum Gasteiger partial charge on any atom is -0.391 e. The number of ether oxygens (including phenoxy) is 1. The molecule has 0 bridgehead atoms. The molecule has 2 heterocycles. The van der Waals surface area contributed by atoms with E-state index in [0.29, 0.717) is 18.1 Å². The molecule has 0 radical (unpaired) electrons. The van der Waals surface area contributed by atoms with E-state index in [-0.39, 0.29) is 6.10 Å². The molecule has 0 saturated carbocycles. The molecule has 5 nitrogen and oxygen atoms in total. The number of morpholine rings is 1. The molecule has 1 unspecified atom stereocenters. The Kier molecular flexibility index (Phi) is 4.12. The van der Waals surface area contributed by atoms with Crippen LogP contribution in [0, 0.1) is 0 Å². The first kappa shape index (κ1) is 13.7. The first-order chi connectivity index (χ1) is 9.75. The van der Waals surface area contributed by atoms with Crippen LogP contribution in [0.5, 0.6) is 0 Å². The SMILES string of the molecule is NC(=S)C1CN(c2ncnc3c2CCCCC3)CCO1. The van der Waals surface area contributed by atoms with Gasteiger partial charge in [-0.25, -0.2) is 9.97 Å². The molecule has 1 aromatic heterocycles. The van der Waals surface area contributed by atoms with Crippen molar-refractivity contribution in [3.05, 3.63) is 17.6 Å². The molecule has 3 rings (SSSR count). The average molecular weight is 292 g/mol. The number of nitrogens with zero attached hydrogens (tertiary/aromatic N) is 3. The highest BCUT2D eigenvalue weighted by molar-refractivity contribution is 7.80. The summed E-state index contributed by atoms with van der Waals surface area (Å²) in [7, 11) is 0. The molecule has 1 saturated heterocycles. The summed E-state index contributed by atoms with van der Waals surface area (Å²) in [5.41, 5.74) is 8.24. The molecule has 1 aliphatic carbocycles. The minimum absolute atomic E-state index is 0.171. The molecular weight excluding hydrogens is 272 g/mol. The van der Waals surface area contributed by atoms with Gasteiger partial charge in [-0.15, -0.1) is 0 Å². The number of anilines is 1. The normalized spacial score (nSPS) is 23.0. The highest BCUT2D eigenvalue weighted by Gasteiger charge is 2.26. The molecule has 0 amide bonds. The molecule has 1 aliphatic heterocycles. The van der Waals surface area contributed by atoms with Crippen LogP contribution in [0.15, 0.2) is 6.33 Å². The topological polar surface area (TPSA) is 64.3 Å². The van der Waals surface area contributed by atoms with E-state index >= 15 is 0 Å². The smallest absolute Gasteiger partial charge is 0.135 e. The zero-order valence-corrected chi connectivity index (χ0v) is 12.4. The molecule has 0 aromatic carbocycles. The van der Waals surface area contributed by atoms with Crippen molar-refractivity contribution in [2.45, 2.75) is 38.2 Å². The number of nitrogens with two attached hydrogens (primary N) is 1. The standard InChI is InChI=1S/C14H20N4OS/c15-13(20)12-8-18(6-7-19-12)14-10-4-2-1-3-5-11(10)16-9-17-14/h9,12H,1-8H2,(H2,15,20). The van der Waals surface area contributed by atoms with E-state index in [1.165, 1.54) is 30.5 Å². The van der Waals surface area contributed by atoms with E-state index < -0.39 is 0 Å². The van der Waals surface area contributed by atoms with E-state index in [2.05, 4.69) is 14.9 Å². The van der Waals surface area contributed by atoms with Gasteiger partial charge in [0.05, 0.1) is 13.2 Å². The van der Waals surface area contributed by atoms with Crippen LogP contribution < -0.4 is 10.6 Å². The lowest BCUT2D eigenvalue weighted by Crippen LogP contribution is -2.48. The van der Waals surface area contributed by atoms with Crippen molar-refractivity contribution in [3.8, 4) is 0 Å². The maximum Gasteiger partial charge on any atom is 0.135 e. The molecule has 6 heteroatoms. The lowest BCUT2D eigenvalue weighted by Gasteiger charge is -2.34. The molecule has 108 valence electrons. The van der Waals surface area contributed by atoms with Gasteiger partial charge in [-0.05, 0) is 25.7 Å². The van der Waals surface area contributed by atoms with Gasteiger partial charge >= 0.3 is 0 Å². The lowest BCUT2D eigenvalue weighted by atomic mass is 10.1. The van der Waals surface area contributed by atoms with Crippen molar-refractivity contribution in [1.82, 2.24) is 9.97 Å². The molecular formula is C14H20N4OS. The van der Waals surface area contributed by atoms with Gasteiger partial charge in [-0.3, -0.25) is 0 Å². The monoisotopic (exact) mass is 292 g/mol. The average Bonchev–Trinajstić information content (AvgIpc) is 2.72. The second kappa shape index (κ2) is 6.01. The van der Waals surface area contributed by atoms with Crippen LogP contribution in [0.25, 0.3) is 0 Å². The Hall–Kier alpha value is -1.27. The summed E-state index contributed by atoms with van der Waals surface area (Å²) in [4.78, 5) is 11.7. The fraction of sp³-hybridized carbons (Fsp3) is 0.643. The Bertz CT molecular complexity index is 508. The molecule has 2 aliphatic rings. The van der Waals surface area contributed by atoms with Crippen LogP contribution in [0.1, 0.15) is 30.5 Å². The molecule has 0 spiro atoms. The summed E-state index contributed by atoms with van der Waals surface area (Å²) in [6.07, 6.45) is 7.36. The Morgan fingerprint density at radius 1 is 1.30 bits per heavy atom. The van der Waals surface area contributed by atoms with E-state index in [9.17, 15) is 0 Å².